The maximum atomic E-state index is 9.43. The summed E-state index contributed by atoms with van der Waals surface area (Å²) >= 11 is 0. The Labute approximate surface area is 150 Å². The molecule has 24 heavy (non-hydrogen) atoms. The standard InChI is InChI=1S/C13H24O2.C6H12.C2H6O/c14-12-5-1-10(2-6-12)9-11-3-7-13(15)8-4-11;1-2-4-6-5-3-1;1-3-2/h10-15H,1-9H2;1-6H2;1-2H3. The second kappa shape index (κ2) is 14.1. The lowest BCUT2D eigenvalue weighted by atomic mass is 9.76. The van der Waals surface area contributed by atoms with Gasteiger partial charge in [-0.3, -0.25) is 0 Å². The molecule has 0 atom stereocenters. The minimum Gasteiger partial charge on any atom is -0.393 e. The van der Waals surface area contributed by atoms with E-state index in [2.05, 4.69) is 4.74 Å². The lowest BCUT2D eigenvalue weighted by Gasteiger charge is -2.31. The molecule has 3 nitrogen and oxygen atoms in total. The van der Waals surface area contributed by atoms with Crippen LogP contribution in [0, 0.1) is 11.8 Å². The quantitative estimate of drug-likeness (QED) is 0.735. The van der Waals surface area contributed by atoms with E-state index < -0.39 is 0 Å². The van der Waals surface area contributed by atoms with Crippen LogP contribution >= 0.6 is 0 Å². The van der Waals surface area contributed by atoms with Gasteiger partial charge in [0, 0.05) is 14.2 Å². The highest BCUT2D eigenvalue weighted by Crippen LogP contribution is 2.35. The Hall–Kier alpha value is -0.120. The van der Waals surface area contributed by atoms with Gasteiger partial charge in [0.05, 0.1) is 12.2 Å². The normalized spacial score (nSPS) is 33.5. The summed E-state index contributed by atoms with van der Waals surface area (Å²) in [5, 5.41) is 18.9. The maximum absolute atomic E-state index is 9.43. The van der Waals surface area contributed by atoms with Crippen molar-refractivity contribution >= 4 is 0 Å². The van der Waals surface area contributed by atoms with E-state index in [9.17, 15) is 10.2 Å². The SMILES string of the molecule is C1CCCCC1.COC.OC1CCC(CC2CCC(O)CC2)CC1. The number of aliphatic hydroxyl groups is 2. The van der Waals surface area contributed by atoms with Crippen molar-refractivity contribution in [3.8, 4) is 0 Å². The highest BCUT2D eigenvalue weighted by Gasteiger charge is 2.25. The fourth-order valence-electron chi connectivity index (χ4n) is 4.29. The van der Waals surface area contributed by atoms with Crippen molar-refractivity contribution in [2.75, 3.05) is 14.2 Å². The van der Waals surface area contributed by atoms with Gasteiger partial charge in [-0.2, -0.15) is 0 Å². The van der Waals surface area contributed by atoms with Gasteiger partial charge in [0.25, 0.3) is 0 Å². The Morgan fingerprint density at radius 3 is 1.08 bits per heavy atom. The largest absolute Gasteiger partial charge is 0.393 e. The summed E-state index contributed by atoms with van der Waals surface area (Å²) in [6.07, 6.45) is 19.3. The molecule has 0 heterocycles. The fourth-order valence-corrected chi connectivity index (χ4v) is 4.29. The molecule has 3 aliphatic carbocycles. The van der Waals surface area contributed by atoms with Crippen LogP contribution in [0.3, 0.4) is 0 Å². The van der Waals surface area contributed by atoms with Gasteiger partial charge in [0.15, 0.2) is 0 Å². The summed E-state index contributed by atoms with van der Waals surface area (Å²) in [4.78, 5) is 0. The van der Waals surface area contributed by atoms with Crippen molar-refractivity contribution in [3.05, 3.63) is 0 Å². The lowest BCUT2D eigenvalue weighted by Crippen LogP contribution is -2.23. The predicted molar refractivity (Wildman–Crippen MR) is 101 cm³/mol. The molecule has 0 saturated heterocycles. The van der Waals surface area contributed by atoms with E-state index in [-0.39, 0.29) is 12.2 Å². The molecular weight excluding hydrogens is 300 g/mol. The number of aliphatic hydroxyl groups excluding tert-OH is 2. The number of hydrogen-bond acceptors (Lipinski definition) is 3. The van der Waals surface area contributed by atoms with E-state index in [0.717, 1.165) is 37.5 Å². The number of rotatable bonds is 2. The van der Waals surface area contributed by atoms with Crippen LogP contribution < -0.4 is 0 Å². The highest BCUT2D eigenvalue weighted by molar-refractivity contribution is 4.77. The molecule has 3 fully saturated rings. The first-order valence-electron chi connectivity index (χ1n) is 10.4. The zero-order chi connectivity index (χ0) is 17.6. The third kappa shape index (κ3) is 10.7. The average Bonchev–Trinajstić information content (AvgIpc) is 2.62. The molecule has 0 spiro atoms. The highest BCUT2D eigenvalue weighted by atomic mass is 16.4. The van der Waals surface area contributed by atoms with E-state index in [1.165, 1.54) is 70.6 Å². The van der Waals surface area contributed by atoms with Crippen LogP contribution in [0.5, 0.6) is 0 Å². The Balaban J connectivity index is 0.000000265. The van der Waals surface area contributed by atoms with Crippen molar-refractivity contribution in [1.29, 1.82) is 0 Å². The van der Waals surface area contributed by atoms with E-state index in [0.29, 0.717) is 0 Å². The summed E-state index contributed by atoms with van der Waals surface area (Å²) in [7, 11) is 3.25. The topological polar surface area (TPSA) is 49.7 Å². The summed E-state index contributed by atoms with van der Waals surface area (Å²) < 4.78 is 4.25. The molecule has 3 aliphatic rings. The Bertz CT molecular complexity index is 231. The van der Waals surface area contributed by atoms with Crippen LogP contribution in [0.15, 0.2) is 0 Å². The Kier molecular flexibility index (Phi) is 12.9. The summed E-state index contributed by atoms with van der Waals surface area (Å²) in [6.45, 7) is 0. The van der Waals surface area contributed by atoms with Crippen molar-refractivity contribution in [3.63, 3.8) is 0 Å². The first-order chi connectivity index (χ1) is 11.7. The van der Waals surface area contributed by atoms with Gasteiger partial charge >= 0.3 is 0 Å². The third-order valence-electron chi connectivity index (χ3n) is 5.80. The molecule has 3 heteroatoms. The molecular formula is C21H42O3. The second-order valence-corrected chi connectivity index (χ2v) is 8.11. The van der Waals surface area contributed by atoms with Crippen molar-refractivity contribution in [2.45, 2.75) is 109 Å². The van der Waals surface area contributed by atoms with Gasteiger partial charge in [-0.25, -0.2) is 0 Å². The van der Waals surface area contributed by atoms with Crippen LogP contribution in [-0.2, 0) is 4.74 Å². The second-order valence-electron chi connectivity index (χ2n) is 8.11. The van der Waals surface area contributed by atoms with Crippen molar-refractivity contribution < 1.29 is 14.9 Å². The zero-order valence-corrected chi connectivity index (χ0v) is 16.2. The van der Waals surface area contributed by atoms with E-state index in [1.807, 2.05) is 0 Å². The Morgan fingerprint density at radius 2 is 0.833 bits per heavy atom. The van der Waals surface area contributed by atoms with Crippen LogP contribution in [-0.4, -0.2) is 36.6 Å². The molecule has 0 aromatic carbocycles. The number of methoxy groups -OCH3 is 1. The number of hydrogen-bond donors (Lipinski definition) is 2. The smallest absolute Gasteiger partial charge is 0.0540 e. The molecule has 2 N–H and O–H groups in total. The van der Waals surface area contributed by atoms with Gasteiger partial charge in [-0.15, -0.1) is 0 Å². The third-order valence-corrected chi connectivity index (χ3v) is 5.80. The molecule has 0 aromatic rings. The van der Waals surface area contributed by atoms with Crippen LogP contribution in [0.4, 0.5) is 0 Å². The predicted octanol–water partition coefficient (Wildman–Crippen LogP) is 5.08. The molecule has 0 bridgehead atoms. The van der Waals surface area contributed by atoms with Gasteiger partial charge in [-0.05, 0) is 69.6 Å². The van der Waals surface area contributed by atoms with Crippen LogP contribution in [0.1, 0.15) is 96.3 Å². The van der Waals surface area contributed by atoms with E-state index >= 15 is 0 Å². The first-order valence-corrected chi connectivity index (χ1v) is 10.4. The molecule has 3 saturated carbocycles. The molecule has 0 aromatic heterocycles. The molecule has 144 valence electrons. The summed E-state index contributed by atoms with van der Waals surface area (Å²) in [5.74, 6) is 1.71. The minimum atomic E-state index is -0.0190. The van der Waals surface area contributed by atoms with Gasteiger partial charge in [0.2, 0.25) is 0 Å². The van der Waals surface area contributed by atoms with Gasteiger partial charge < -0.3 is 14.9 Å². The summed E-state index contributed by atoms with van der Waals surface area (Å²) in [6, 6.07) is 0. The summed E-state index contributed by atoms with van der Waals surface area (Å²) in [5.41, 5.74) is 0. The monoisotopic (exact) mass is 342 g/mol. The molecule has 0 amide bonds. The molecule has 0 radical (unpaired) electrons. The fraction of sp³-hybridized carbons (Fsp3) is 1.00. The minimum absolute atomic E-state index is 0.0190. The average molecular weight is 343 g/mol. The number of ether oxygens (including phenoxy) is 1. The van der Waals surface area contributed by atoms with Crippen molar-refractivity contribution in [1.82, 2.24) is 0 Å². The van der Waals surface area contributed by atoms with Crippen LogP contribution in [0.25, 0.3) is 0 Å². The van der Waals surface area contributed by atoms with Gasteiger partial charge in [0.1, 0.15) is 0 Å². The van der Waals surface area contributed by atoms with Crippen molar-refractivity contribution in [2.24, 2.45) is 11.8 Å². The molecule has 0 unspecified atom stereocenters. The van der Waals surface area contributed by atoms with Gasteiger partial charge in [-0.1, -0.05) is 38.5 Å². The lowest BCUT2D eigenvalue weighted by molar-refractivity contribution is 0.0803. The first kappa shape index (κ1) is 21.9. The molecule has 3 rings (SSSR count). The van der Waals surface area contributed by atoms with Crippen LogP contribution in [0.2, 0.25) is 0 Å². The Morgan fingerprint density at radius 1 is 0.583 bits per heavy atom. The molecule has 0 aliphatic heterocycles. The van der Waals surface area contributed by atoms with E-state index in [4.69, 9.17) is 0 Å². The maximum Gasteiger partial charge on any atom is 0.0540 e. The van der Waals surface area contributed by atoms with E-state index in [1.54, 1.807) is 14.2 Å². The zero-order valence-electron chi connectivity index (χ0n) is 16.2.